The van der Waals surface area contributed by atoms with Gasteiger partial charge in [0.2, 0.25) is 0 Å². The molecule has 0 aromatic carbocycles. The Morgan fingerprint density at radius 3 is 2.36 bits per heavy atom. The first kappa shape index (κ1) is 9.68. The Kier molecular flexibility index (Phi) is 4.02. The van der Waals surface area contributed by atoms with E-state index < -0.39 is 0 Å². The summed E-state index contributed by atoms with van der Waals surface area (Å²) in [6.45, 7) is 2.13. The summed E-state index contributed by atoms with van der Waals surface area (Å²) in [6.07, 6.45) is 2.42. The average molecular weight is 207 g/mol. The van der Waals surface area contributed by atoms with E-state index in [1.54, 1.807) is 0 Å². The van der Waals surface area contributed by atoms with E-state index in [2.05, 4.69) is 30.2 Å². The Balaban J connectivity index is 2.30. The number of piperidine rings is 1. The number of thiocarbonyl (C=S) groups is 1. The van der Waals surface area contributed by atoms with Crippen molar-refractivity contribution in [3.63, 3.8) is 0 Å². The molecule has 0 bridgehead atoms. The third kappa shape index (κ3) is 2.84. The van der Waals surface area contributed by atoms with Crippen LogP contribution in [0.1, 0.15) is 12.8 Å². The third-order valence-corrected chi connectivity index (χ3v) is 3.20. The zero-order valence-corrected chi connectivity index (χ0v) is 8.97. The van der Waals surface area contributed by atoms with Gasteiger partial charge in [-0.25, -0.2) is 0 Å². The first-order valence-corrected chi connectivity index (χ1v) is 5.31. The zero-order chi connectivity index (χ0) is 8.27. The van der Waals surface area contributed by atoms with Crippen LogP contribution in [0.4, 0.5) is 0 Å². The molecular formula is C7H13NS3. The Hall–Kier alpha value is 0.590. The van der Waals surface area contributed by atoms with Gasteiger partial charge in [-0.15, -0.1) is 12.6 Å². The molecule has 1 aliphatic heterocycles. The molecule has 0 atom stereocenters. The number of thiol groups is 2. The maximum absolute atomic E-state index is 4.96. The van der Waals surface area contributed by atoms with Crippen LogP contribution in [0.2, 0.25) is 0 Å². The van der Waals surface area contributed by atoms with Gasteiger partial charge in [0.15, 0.2) is 0 Å². The molecule has 1 saturated heterocycles. The van der Waals surface area contributed by atoms with Crippen molar-refractivity contribution in [2.75, 3.05) is 18.8 Å². The zero-order valence-electron chi connectivity index (χ0n) is 6.36. The second kappa shape index (κ2) is 4.58. The van der Waals surface area contributed by atoms with Crippen LogP contribution in [0, 0.1) is 5.92 Å². The second-order valence-electron chi connectivity index (χ2n) is 2.90. The maximum atomic E-state index is 4.96. The van der Waals surface area contributed by atoms with Crippen LogP contribution in [0.15, 0.2) is 0 Å². The van der Waals surface area contributed by atoms with Crippen molar-refractivity contribution in [3.05, 3.63) is 0 Å². The monoisotopic (exact) mass is 207 g/mol. The van der Waals surface area contributed by atoms with E-state index in [9.17, 15) is 0 Å². The second-order valence-corrected chi connectivity index (χ2v) is 4.37. The van der Waals surface area contributed by atoms with E-state index in [0.717, 1.165) is 29.1 Å². The van der Waals surface area contributed by atoms with Gasteiger partial charge < -0.3 is 4.90 Å². The lowest BCUT2D eigenvalue weighted by Crippen LogP contribution is -2.35. The highest BCUT2D eigenvalue weighted by molar-refractivity contribution is 8.10. The summed E-state index contributed by atoms with van der Waals surface area (Å²) in [5.41, 5.74) is 0. The van der Waals surface area contributed by atoms with Crippen molar-refractivity contribution >= 4 is 41.8 Å². The van der Waals surface area contributed by atoms with Crippen LogP contribution >= 0.6 is 37.5 Å². The van der Waals surface area contributed by atoms with Crippen molar-refractivity contribution in [2.24, 2.45) is 5.92 Å². The predicted octanol–water partition coefficient (Wildman–Crippen LogP) is 1.84. The van der Waals surface area contributed by atoms with E-state index >= 15 is 0 Å². The molecule has 0 N–H and O–H groups in total. The number of nitrogens with zero attached hydrogens (tertiary/aromatic N) is 1. The van der Waals surface area contributed by atoms with Crippen molar-refractivity contribution in [2.45, 2.75) is 12.8 Å². The van der Waals surface area contributed by atoms with Gasteiger partial charge >= 0.3 is 0 Å². The van der Waals surface area contributed by atoms with Gasteiger partial charge in [-0.3, -0.25) is 0 Å². The minimum Gasteiger partial charge on any atom is -0.358 e. The van der Waals surface area contributed by atoms with Gasteiger partial charge in [-0.05, 0) is 24.5 Å². The molecule has 11 heavy (non-hydrogen) atoms. The molecule has 0 aromatic rings. The molecule has 0 aromatic heterocycles. The lowest BCUT2D eigenvalue weighted by atomic mass is 10.00. The van der Waals surface area contributed by atoms with Crippen molar-refractivity contribution in [1.29, 1.82) is 0 Å². The van der Waals surface area contributed by atoms with E-state index in [1.807, 2.05) is 0 Å². The smallest absolute Gasteiger partial charge is 0.133 e. The Morgan fingerprint density at radius 1 is 1.45 bits per heavy atom. The highest BCUT2D eigenvalue weighted by Gasteiger charge is 2.17. The fraction of sp³-hybridized carbons (Fsp3) is 0.857. The summed E-state index contributed by atoms with van der Waals surface area (Å²) >= 11 is 13.4. The summed E-state index contributed by atoms with van der Waals surface area (Å²) in [5.74, 6) is 1.80. The molecular weight excluding hydrogens is 194 g/mol. The molecule has 0 amide bonds. The van der Waals surface area contributed by atoms with Crippen molar-refractivity contribution in [3.8, 4) is 0 Å². The predicted molar refractivity (Wildman–Crippen MR) is 59.7 cm³/mol. The van der Waals surface area contributed by atoms with Gasteiger partial charge in [0.1, 0.15) is 4.32 Å². The molecule has 4 heteroatoms. The van der Waals surface area contributed by atoms with Crippen LogP contribution < -0.4 is 0 Å². The molecule has 0 radical (unpaired) electrons. The Labute approximate surface area is 84.4 Å². The Morgan fingerprint density at radius 2 is 2.00 bits per heavy atom. The van der Waals surface area contributed by atoms with Crippen LogP contribution in [-0.2, 0) is 0 Å². The van der Waals surface area contributed by atoms with Gasteiger partial charge in [0, 0.05) is 13.1 Å². The first-order valence-electron chi connectivity index (χ1n) is 3.82. The molecule has 1 rings (SSSR count). The summed E-state index contributed by atoms with van der Waals surface area (Å²) in [5, 5.41) is 0. The number of hydrogen-bond donors (Lipinski definition) is 2. The van der Waals surface area contributed by atoms with Gasteiger partial charge in [0.25, 0.3) is 0 Å². The fourth-order valence-electron chi connectivity index (χ4n) is 1.31. The molecule has 64 valence electrons. The van der Waals surface area contributed by atoms with Gasteiger partial charge in [-0.2, -0.15) is 12.6 Å². The summed E-state index contributed by atoms with van der Waals surface area (Å²) in [6, 6.07) is 0. The van der Waals surface area contributed by atoms with E-state index in [-0.39, 0.29) is 0 Å². The number of rotatable bonds is 1. The fourth-order valence-corrected chi connectivity index (χ4v) is 2.05. The molecule has 0 spiro atoms. The number of hydrogen-bond acceptors (Lipinski definition) is 2. The Bertz CT molecular complexity index is 141. The molecule has 0 saturated carbocycles. The van der Waals surface area contributed by atoms with Crippen molar-refractivity contribution < 1.29 is 0 Å². The summed E-state index contributed by atoms with van der Waals surface area (Å²) < 4.78 is 0.739. The summed E-state index contributed by atoms with van der Waals surface area (Å²) in [7, 11) is 0. The van der Waals surface area contributed by atoms with E-state index in [4.69, 9.17) is 12.2 Å². The molecule has 0 aliphatic carbocycles. The SMILES string of the molecule is S=C(S)N1CCC(CS)CC1. The van der Waals surface area contributed by atoms with Crippen molar-refractivity contribution in [1.82, 2.24) is 4.90 Å². The highest BCUT2D eigenvalue weighted by Crippen LogP contribution is 2.18. The quantitative estimate of drug-likeness (QED) is 0.499. The van der Waals surface area contributed by atoms with Gasteiger partial charge in [-0.1, -0.05) is 12.2 Å². The summed E-state index contributed by atoms with van der Waals surface area (Å²) in [4.78, 5) is 2.15. The van der Waals surface area contributed by atoms with E-state index in [0.29, 0.717) is 0 Å². The standard InChI is InChI=1S/C7H13NS3/c9-5-6-1-3-8(4-2-6)7(10)11/h6,9H,1-5H2,(H,10,11). The molecule has 1 heterocycles. The first-order chi connectivity index (χ1) is 5.24. The molecule has 0 unspecified atom stereocenters. The van der Waals surface area contributed by atoms with Gasteiger partial charge in [0.05, 0.1) is 0 Å². The number of likely N-dealkylation sites (tertiary alicyclic amines) is 1. The normalized spacial score (nSPS) is 20.4. The lowest BCUT2D eigenvalue weighted by Gasteiger charge is -2.31. The topological polar surface area (TPSA) is 3.24 Å². The minimum atomic E-state index is 0.739. The van der Waals surface area contributed by atoms with E-state index in [1.165, 1.54) is 12.8 Å². The van der Waals surface area contributed by atoms with Crippen LogP contribution in [0.3, 0.4) is 0 Å². The average Bonchev–Trinajstić information content (AvgIpc) is 2.05. The van der Waals surface area contributed by atoms with Crippen LogP contribution in [-0.4, -0.2) is 28.1 Å². The third-order valence-electron chi connectivity index (χ3n) is 2.14. The molecule has 1 aliphatic rings. The van der Waals surface area contributed by atoms with Crippen LogP contribution in [0.5, 0.6) is 0 Å². The molecule has 1 fully saturated rings. The molecule has 1 nitrogen and oxygen atoms in total. The largest absolute Gasteiger partial charge is 0.358 e. The minimum absolute atomic E-state index is 0.739. The maximum Gasteiger partial charge on any atom is 0.133 e. The van der Waals surface area contributed by atoms with Crippen LogP contribution in [0.25, 0.3) is 0 Å². The lowest BCUT2D eigenvalue weighted by molar-refractivity contribution is 0.291. The highest BCUT2D eigenvalue weighted by atomic mass is 32.1.